The first-order valence-electron chi connectivity index (χ1n) is 4.86. The number of nitrogens with zero attached hydrogens (tertiary/aromatic N) is 1. The molecular weight excluding hydrogens is 218 g/mol. The molecule has 2 rings (SSSR count). The summed E-state index contributed by atoms with van der Waals surface area (Å²) in [5.74, 6) is 0.730. The smallest absolute Gasteiger partial charge is 0.0794 e. The molecule has 14 heavy (non-hydrogen) atoms. The van der Waals surface area contributed by atoms with Crippen LogP contribution < -0.4 is 0 Å². The molecule has 2 heterocycles. The molecule has 0 spiro atoms. The number of hydrogen-bond acceptors (Lipinski definition) is 3. The number of aromatic nitrogens is 1. The third kappa shape index (κ3) is 2.27. The third-order valence-corrected chi connectivity index (χ3v) is 4.22. The lowest BCUT2D eigenvalue weighted by Gasteiger charge is -2.35. The Morgan fingerprint density at radius 1 is 1.50 bits per heavy atom. The number of halogens is 1. The van der Waals surface area contributed by atoms with Gasteiger partial charge < -0.3 is 4.74 Å². The SMILES string of the molecule is ClCC1(Cc2cncs2)CCOCC1. The van der Waals surface area contributed by atoms with Crippen LogP contribution in [0, 0.1) is 5.41 Å². The minimum Gasteiger partial charge on any atom is -0.381 e. The standard InChI is InChI=1S/C10H14ClNOS/c11-7-10(1-3-13-4-2-10)5-9-6-12-8-14-9/h6,8H,1-5,7H2. The second-order valence-electron chi connectivity index (χ2n) is 3.89. The molecule has 0 unspecified atom stereocenters. The molecule has 1 aliphatic rings. The quantitative estimate of drug-likeness (QED) is 0.747. The average molecular weight is 232 g/mol. The fraction of sp³-hybridized carbons (Fsp3) is 0.700. The molecule has 4 heteroatoms. The van der Waals surface area contributed by atoms with Crippen molar-refractivity contribution in [3.63, 3.8) is 0 Å². The summed E-state index contributed by atoms with van der Waals surface area (Å²) in [4.78, 5) is 5.44. The van der Waals surface area contributed by atoms with Gasteiger partial charge in [-0.25, -0.2) is 0 Å². The Labute approximate surface area is 93.3 Å². The monoisotopic (exact) mass is 231 g/mol. The van der Waals surface area contributed by atoms with E-state index in [4.69, 9.17) is 16.3 Å². The van der Waals surface area contributed by atoms with Gasteiger partial charge in [0, 0.05) is 30.2 Å². The van der Waals surface area contributed by atoms with Gasteiger partial charge >= 0.3 is 0 Å². The van der Waals surface area contributed by atoms with Crippen LogP contribution in [0.1, 0.15) is 17.7 Å². The first-order chi connectivity index (χ1) is 6.85. The Morgan fingerprint density at radius 3 is 2.86 bits per heavy atom. The zero-order chi connectivity index (χ0) is 9.86. The van der Waals surface area contributed by atoms with Crippen LogP contribution in [-0.2, 0) is 11.2 Å². The molecule has 78 valence electrons. The first kappa shape index (κ1) is 10.4. The van der Waals surface area contributed by atoms with E-state index < -0.39 is 0 Å². The molecule has 0 aromatic carbocycles. The van der Waals surface area contributed by atoms with E-state index in [1.54, 1.807) is 11.3 Å². The van der Waals surface area contributed by atoms with E-state index in [1.165, 1.54) is 4.88 Å². The maximum atomic E-state index is 6.08. The van der Waals surface area contributed by atoms with E-state index in [2.05, 4.69) is 4.98 Å². The van der Waals surface area contributed by atoms with Crippen molar-refractivity contribution in [3.05, 3.63) is 16.6 Å². The molecule has 1 aromatic heterocycles. The second kappa shape index (κ2) is 4.60. The van der Waals surface area contributed by atoms with Gasteiger partial charge in [0.1, 0.15) is 0 Å². The molecule has 1 fully saturated rings. The van der Waals surface area contributed by atoms with Gasteiger partial charge in [-0.05, 0) is 24.7 Å². The fourth-order valence-electron chi connectivity index (χ4n) is 1.86. The zero-order valence-electron chi connectivity index (χ0n) is 8.04. The van der Waals surface area contributed by atoms with Gasteiger partial charge in [-0.15, -0.1) is 22.9 Å². The molecule has 0 aliphatic carbocycles. The molecule has 1 aromatic rings. The summed E-state index contributed by atoms with van der Waals surface area (Å²) in [6, 6.07) is 0. The van der Waals surface area contributed by atoms with Gasteiger partial charge in [-0.1, -0.05) is 0 Å². The molecule has 0 radical (unpaired) electrons. The lowest BCUT2D eigenvalue weighted by molar-refractivity contribution is 0.0261. The molecule has 0 atom stereocenters. The number of alkyl halides is 1. The Bertz CT molecular complexity index is 270. The highest BCUT2D eigenvalue weighted by molar-refractivity contribution is 7.09. The highest BCUT2D eigenvalue weighted by Crippen LogP contribution is 2.36. The summed E-state index contributed by atoms with van der Waals surface area (Å²) in [5.41, 5.74) is 2.14. The Balaban J connectivity index is 2.04. The van der Waals surface area contributed by atoms with Crippen LogP contribution in [0.5, 0.6) is 0 Å². The number of hydrogen-bond donors (Lipinski definition) is 0. The summed E-state index contributed by atoms with van der Waals surface area (Å²) >= 11 is 7.80. The van der Waals surface area contributed by atoms with Gasteiger partial charge in [0.25, 0.3) is 0 Å². The second-order valence-corrected chi connectivity index (χ2v) is 5.13. The number of ether oxygens (including phenoxy) is 1. The minimum absolute atomic E-state index is 0.256. The van der Waals surface area contributed by atoms with Gasteiger partial charge in [-0.3, -0.25) is 4.98 Å². The van der Waals surface area contributed by atoms with Crippen LogP contribution in [0.15, 0.2) is 11.7 Å². The molecular formula is C10H14ClNOS. The van der Waals surface area contributed by atoms with Crippen LogP contribution in [0.4, 0.5) is 0 Å². The van der Waals surface area contributed by atoms with Crippen LogP contribution in [0.2, 0.25) is 0 Å². The maximum Gasteiger partial charge on any atom is 0.0794 e. The molecule has 0 amide bonds. The van der Waals surface area contributed by atoms with Crippen LogP contribution >= 0.6 is 22.9 Å². The number of rotatable bonds is 3. The Hall–Kier alpha value is -0.120. The van der Waals surface area contributed by atoms with Crippen molar-refractivity contribution >= 4 is 22.9 Å². The Morgan fingerprint density at radius 2 is 2.29 bits per heavy atom. The lowest BCUT2D eigenvalue weighted by Crippen LogP contribution is -2.33. The summed E-state index contributed by atoms with van der Waals surface area (Å²) < 4.78 is 5.37. The third-order valence-electron chi connectivity index (χ3n) is 2.87. The lowest BCUT2D eigenvalue weighted by atomic mass is 9.79. The fourth-order valence-corrected chi connectivity index (χ4v) is 2.99. The van der Waals surface area contributed by atoms with Crippen molar-refractivity contribution in [2.24, 2.45) is 5.41 Å². The molecule has 1 saturated heterocycles. The average Bonchev–Trinajstić information content (AvgIpc) is 2.72. The summed E-state index contributed by atoms with van der Waals surface area (Å²) in [7, 11) is 0. The van der Waals surface area contributed by atoms with Crippen molar-refractivity contribution in [2.75, 3.05) is 19.1 Å². The maximum absolute atomic E-state index is 6.08. The van der Waals surface area contributed by atoms with Gasteiger partial charge in [0.15, 0.2) is 0 Å². The van der Waals surface area contributed by atoms with E-state index in [-0.39, 0.29) is 5.41 Å². The molecule has 0 saturated carbocycles. The summed E-state index contributed by atoms with van der Waals surface area (Å²) in [6.07, 6.45) is 5.17. The van der Waals surface area contributed by atoms with E-state index >= 15 is 0 Å². The number of thiazole rings is 1. The van der Waals surface area contributed by atoms with Crippen LogP contribution in [0.25, 0.3) is 0 Å². The van der Waals surface area contributed by atoms with E-state index in [9.17, 15) is 0 Å². The minimum atomic E-state index is 0.256. The highest BCUT2D eigenvalue weighted by atomic mass is 35.5. The normalized spacial score (nSPS) is 20.9. The van der Waals surface area contributed by atoms with Crippen molar-refractivity contribution in [2.45, 2.75) is 19.3 Å². The van der Waals surface area contributed by atoms with Crippen LogP contribution in [-0.4, -0.2) is 24.1 Å². The highest BCUT2D eigenvalue weighted by Gasteiger charge is 2.32. The van der Waals surface area contributed by atoms with Gasteiger partial charge in [0.05, 0.1) is 5.51 Å². The van der Waals surface area contributed by atoms with Crippen molar-refractivity contribution in [1.29, 1.82) is 0 Å². The zero-order valence-corrected chi connectivity index (χ0v) is 9.61. The molecule has 2 nitrogen and oxygen atoms in total. The summed E-state index contributed by atoms with van der Waals surface area (Å²) in [5, 5.41) is 0. The van der Waals surface area contributed by atoms with Gasteiger partial charge in [0.2, 0.25) is 0 Å². The van der Waals surface area contributed by atoms with E-state index in [0.29, 0.717) is 0 Å². The Kier molecular flexibility index (Phi) is 3.42. The predicted octanol–water partition coefficient (Wildman–Crippen LogP) is 2.72. The van der Waals surface area contributed by atoms with E-state index in [1.807, 2.05) is 11.7 Å². The molecule has 1 aliphatic heterocycles. The largest absolute Gasteiger partial charge is 0.381 e. The molecule has 0 N–H and O–H groups in total. The van der Waals surface area contributed by atoms with Gasteiger partial charge in [-0.2, -0.15) is 0 Å². The first-order valence-corrected chi connectivity index (χ1v) is 6.27. The van der Waals surface area contributed by atoms with E-state index in [0.717, 1.165) is 38.4 Å². The van der Waals surface area contributed by atoms with Crippen LogP contribution in [0.3, 0.4) is 0 Å². The van der Waals surface area contributed by atoms with Crippen molar-refractivity contribution in [3.8, 4) is 0 Å². The molecule has 0 bridgehead atoms. The van der Waals surface area contributed by atoms with Crippen molar-refractivity contribution in [1.82, 2.24) is 4.98 Å². The van der Waals surface area contributed by atoms with Crippen molar-refractivity contribution < 1.29 is 4.74 Å². The summed E-state index contributed by atoms with van der Waals surface area (Å²) in [6.45, 7) is 1.71. The topological polar surface area (TPSA) is 22.1 Å². The predicted molar refractivity (Wildman–Crippen MR) is 59.0 cm³/mol.